The molecule has 1 fully saturated rings. The first-order valence-corrected chi connectivity index (χ1v) is 15.2. The van der Waals surface area contributed by atoms with Gasteiger partial charge >= 0.3 is 16.4 Å². The minimum Gasteiger partial charge on any atom is -0.489 e. The quantitative estimate of drug-likeness (QED) is 0.0457. The number of nitrogen functional groups attached to an aromatic ring is 1. The number of hydrogen-bond acceptors (Lipinski definition) is 13. The maximum absolute atomic E-state index is 13.2. The molecule has 0 saturated carbocycles. The van der Waals surface area contributed by atoms with E-state index in [2.05, 4.69) is 19.7 Å². The van der Waals surface area contributed by atoms with Gasteiger partial charge in [-0.1, -0.05) is 5.16 Å². The molecule has 2 atom stereocenters. The molecular formula is C24H31N8O10S2+. The monoisotopic (exact) mass is 655 g/mol. The molecule has 20 heteroatoms. The lowest BCUT2D eigenvalue weighted by atomic mass is 9.84. The number of nitrogens with zero attached hydrogens (tertiary/aromatic N) is 5. The number of hydrogen-bond donors (Lipinski definition) is 5. The minimum atomic E-state index is -5.01. The average Bonchev–Trinajstić information content (AvgIpc) is 3.51. The van der Waals surface area contributed by atoms with E-state index in [1.54, 1.807) is 12.1 Å². The minimum absolute atomic E-state index is 0.0621. The third kappa shape index (κ3) is 7.05. The van der Waals surface area contributed by atoms with Gasteiger partial charge in [0.1, 0.15) is 29.6 Å². The molecule has 44 heavy (non-hydrogen) atoms. The van der Waals surface area contributed by atoms with Crippen LogP contribution in [0.5, 0.6) is 5.75 Å². The summed E-state index contributed by atoms with van der Waals surface area (Å²) in [6, 6.07) is 3.92. The fourth-order valence-electron chi connectivity index (χ4n) is 4.38. The highest BCUT2D eigenvalue weighted by Crippen LogP contribution is 2.33. The first kappa shape index (κ1) is 32.5. The van der Waals surface area contributed by atoms with Crippen molar-refractivity contribution in [3.63, 3.8) is 0 Å². The maximum atomic E-state index is 13.2. The van der Waals surface area contributed by atoms with Gasteiger partial charge in [-0.3, -0.25) is 14.1 Å². The van der Waals surface area contributed by atoms with Gasteiger partial charge in [-0.05, 0) is 45.0 Å². The summed E-state index contributed by atoms with van der Waals surface area (Å²) >= 11 is 0.962. The van der Waals surface area contributed by atoms with Crippen molar-refractivity contribution in [1.29, 1.82) is 0 Å². The van der Waals surface area contributed by atoms with Crippen LogP contribution in [0.1, 0.15) is 26.0 Å². The van der Waals surface area contributed by atoms with E-state index in [4.69, 9.17) is 25.6 Å². The normalized spacial score (nSPS) is 17.3. The molecule has 7 N–H and O–H groups in total. The largest absolute Gasteiger partial charge is 0.489 e. The van der Waals surface area contributed by atoms with Crippen molar-refractivity contribution in [3.8, 4) is 5.75 Å². The van der Waals surface area contributed by atoms with Gasteiger partial charge in [-0.25, -0.2) is 9.78 Å². The molecule has 2 aromatic heterocycles. The highest BCUT2D eigenvalue weighted by atomic mass is 32.3. The molecule has 3 aromatic rings. The van der Waals surface area contributed by atoms with Crippen LogP contribution < -0.4 is 26.2 Å². The predicted octanol–water partition coefficient (Wildman–Crippen LogP) is -1.05. The maximum Gasteiger partial charge on any atom is 0.418 e. The number of aliphatic carboxylic acids is 1. The predicted molar refractivity (Wildman–Crippen MR) is 153 cm³/mol. The highest BCUT2D eigenvalue weighted by molar-refractivity contribution is 7.80. The van der Waals surface area contributed by atoms with Crippen LogP contribution in [-0.4, -0.2) is 87.1 Å². The molecule has 1 aromatic carbocycles. The Bertz CT molecular complexity index is 1720. The van der Waals surface area contributed by atoms with E-state index in [1.165, 1.54) is 19.2 Å². The van der Waals surface area contributed by atoms with E-state index in [-0.39, 0.29) is 10.8 Å². The summed E-state index contributed by atoms with van der Waals surface area (Å²) in [6.07, 6.45) is 1.01. The van der Waals surface area contributed by atoms with Crippen LogP contribution in [0, 0.1) is 0 Å². The Balaban J connectivity index is 1.49. The van der Waals surface area contributed by atoms with Gasteiger partial charge in [0, 0.05) is 5.38 Å². The fourth-order valence-corrected chi connectivity index (χ4v) is 5.38. The molecule has 0 aliphatic carbocycles. The summed E-state index contributed by atoms with van der Waals surface area (Å²) in [7, 11) is -3.12. The number of aromatic nitrogens is 3. The second-order valence-electron chi connectivity index (χ2n) is 10.1. The number of carboxylic acid groups (broad SMARTS) is 1. The van der Waals surface area contributed by atoms with Gasteiger partial charge in [-0.2, -0.15) is 18.2 Å². The van der Waals surface area contributed by atoms with Gasteiger partial charge in [-0.15, -0.1) is 20.3 Å². The zero-order valence-corrected chi connectivity index (χ0v) is 25.4. The number of rotatable bonds is 14. The number of aryl methyl sites for hydroxylation is 2. The van der Waals surface area contributed by atoms with Crippen molar-refractivity contribution in [3.05, 3.63) is 35.5 Å². The van der Waals surface area contributed by atoms with E-state index in [1.807, 2.05) is 28.7 Å². The number of carbonyl (C=O) groups excluding carboxylic acids is 2. The van der Waals surface area contributed by atoms with Crippen molar-refractivity contribution in [1.82, 2.24) is 20.0 Å². The summed E-state index contributed by atoms with van der Waals surface area (Å²) in [4.78, 5) is 46.8. The van der Waals surface area contributed by atoms with E-state index in [0.29, 0.717) is 23.9 Å². The number of oxime groups is 1. The zero-order chi connectivity index (χ0) is 32.4. The molecule has 238 valence electrons. The van der Waals surface area contributed by atoms with E-state index < -0.39 is 58.2 Å². The number of anilines is 1. The summed E-state index contributed by atoms with van der Waals surface area (Å²) in [5.41, 5.74) is 10.2. The number of nitrogens with two attached hydrogens (primary N) is 2. The average molecular weight is 656 g/mol. The number of fused-ring (bicyclic) bond motifs is 1. The number of β-lactam (4-membered cyclic amide) rings is 1. The van der Waals surface area contributed by atoms with E-state index >= 15 is 0 Å². The first-order chi connectivity index (χ1) is 20.6. The standard InChI is InChI=1S/C24H30N8O10S2/c1-24(2)19(21(34)32(24)42-44(37,38)39)28-20(33)18(15-12-43-23(26)27-15)29-41-17(22(35)36)11-40-14-5-6-16-13(9-14)10-30(3)31(16)8-4-7-25/h5-6,9-10,12,17,19H,4,7-8,11,25H2,1-3H3,(H4-,26,27,28,33,35,36,37,38,39)/p+1/b29-18-/t17-,19-/m1/s1. The van der Waals surface area contributed by atoms with Crippen LogP contribution in [-0.2, 0) is 47.5 Å². The van der Waals surface area contributed by atoms with Crippen molar-refractivity contribution in [2.24, 2.45) is 17.9 Å². The van der Waals surface area contributed by atoms with Gasteiger partial charge in [0.05, 0.1) is 17.5 Å². The molecule has 2 amide bonds. The van der Waals surface area contributed by atoms with Gasteiger partial charge < -0.3 is 31.5 Å². The molecule has 0 spiro atoms. The molecule has 1 aliphatic rings. The van der Waals surface area contributed by atoms with Crippen molar-refractivity contribution < 1.29 is 51.0 Å². The van der Waals surface area contributed by atoms with Crippen LogP contribution >= 0.6 is 11.3 Å². The smallest absolute Gasteiger partial charge is 0.418 e. The fraction of sp³-hybridized carbons (Fsp3) is 0.417. The van der Waals surface area contributed by atoms with Crippen molar-refractivity contribution >= 4 is 61.3 Å². The SMILES string of the molecule is C[n+]1cc2cc(OC[C@@H](O/N=C(\C(=O)N[C@@H]3C(=O)N(OS(=O)(=O)O)C3(C)C)c3csc(N)n3)C(=O)O)ccc2n1CCCN. The number of ether oxygens (including phenoxy) is 1. The van der Waals surface area contributed by atoms with Crippen LogP contribution in [0.3, 0.4) is 0 Å². The molecule has 4 rings (SSSR count). The van der Waals surface area contributed by atoms with Crippen LogP contribution in [0.15, 0.2) is 34.9 Å². The molecule has 1 aliphatic heterocycles. The number of thiazole rings is 1. The summed E-state index contributed by atoms with van der Waals surface area (Å²) in [6.45, 7) is 3.49. The Kier molecular flexibility index (Phi) is 9.39. The number of hydroxylamine groups is 2. The molecule has 0 radical (unpaired) electrons. The second-order valence-corrected chi connectivity index (χ2v) is 12.0. The molecule has 1 saturated heterocycles. The molecule has 0 bridgehead atoms. The van der Waals surface area contributed by atoms with Crippen LogP contribution in [0.2, 0.25) is 0 Å². The Morgan fingerprint density at radius 2 is 2.07 bits per heavy atom. The topological polar surface area (TPSA) is 255 Å². The van der Waals surface area contributed by atoms with Crippen molar-refractivity contribution in [2.45, 2.75) is 44.5 Å². The van der Waals surface area contributed by atoms with E-state index in [9.17, 15) is 27.9 Å². The number of carbonyl (C=O) groups is 3. The second kappa shape index (κ2) is 12.7. The molecule has 0 unspecified atom stereocenters. The lowest BCUT2D eigenvalue weighted by molar-refractivity contribution is -0.751. The lowest BCUT2D eigenvalue weighted by Crippen LogP contribution is -2.76. The van der Waals surface area contributed by atoms with Crippen LogP contribution in [0.25, 0.3) is 10.9 Å². The summed E-state index contributed by atoms with van der Waals surface area (Å²) < 4.78 is 45.0. The van der Waals surface area contributed by atoms with Gasteiger partial charge in [0.15, 0.2) is 17.9 Å². The number of amides is 2. The van der Waals surface area contributed by atoms with Gasteiger partial charge in [0.2, 0.25) is 6.20 Å². The Morgan fingerprint density at radius 3 is 2.66 bits per heavy atom. The third-order valence-corrected chi connectivity index (χ3v) is 7.62. The van der Waals surface area contributed by atoms with Crippen molar-refractivity contribution in [2.75, 3.05) is 18.9 Å². The molecular weight excluding hydrogens is 624 g/mol. The zero-order valence-electron chi connectivity index (χ0n) is 23.7. The lowest BCUT2D eigenvalue weighted by Gasteiger charge is -2.50. The summed E-state index contributed by atoms with van der Waals surface area (Å²) in [5, 5.41) is 18.5. The molecule has 3 heterocycles. The number of benzene rings is 1. The first-order valence-electron chi connectivity index (χ1n) is 12.9. The Hall–Kier alpha value is -4.37. The number of carboxylic acids is 1. The summed E-state index contributed by atoms with van der Waals surface area (Å²) in [5.74, 6) is -3.09. The highest BCUT2D eigenvalue weighted by Gasteiger charge is 2.58. The Labute approximate surface area is 254 Å². The van der Waals surface area contributed by atoms with Gasteiger partial charge in [0.25, 0.3) is 17.9 Å². The third-order valence-electron chi connectivity index (χ3n) is 6.61. The Morgan fingerprint density at radius 1 is 1.34 bits per heavy atom. The van der Waals surface area contributed by atoms with Crippen LogP contribution in [0.4, 0.5) is 5.13 Å². The van der Waals surface area contributed by atoms with E-state index in [0.717, 1.165) is 28.7 Å². The number of nitrogens with one attached hydrogen (secondary N) is 1. The molecule has 18 nitrogen and oxygen atoms in total.